The van der Waals surface area contributed by atoms with E-state index in [2.05, 4.69) is 37.3 Å². The van der Waals surface area contributed by atoms with Crippen molar-refractivity contribution in [2.45, 2.75) is 19.9 Å². The van der Waals surface area contributed by atoms with Gasteiger partial charge in [-0.3, -0.25) is 9.59 Å². The fraction of sp³-hybridized carbons (Fsp3) is 0.500. The first-order chi connectivity index (χ1) is 6.07. The predicted octanol–water partition coefficient (Wildman–Crippen LogP) is -0.0170. The van der Waals surface area contributed by atoms with E-state index in [0.29, 0.717) is 0 Å². The Hall–Kier alpha value is -1.02. The largest absolute Gasteiger partial charge is 0.345 e. The lowest BCUT2D eigenvalue weighted by Gasteiger charge is -2.10. The molecule has 0 aliphatic rings. The van der Waals surface area contributed by atoms with Crippen molar-refractivity contribution in [3.8, 4) is 10.8 Å². The number of amides is 2. The minimum Gasteiger partial charge on any atom is -0.345 e. The zero-order chi connectivity index (χ0) is 10.3. The molecule has 0 aromatic carbocycles. The summed E-state index contributed by atoms with van der Waals surface area (Å²) in [5, 5.41) is 4.99. The van der Waals surface area contributed by atoms with Crippen LogP contribution in [0.4, 0.5) is 0 Å². The van der Waals surface area contributed by atoms with Gasteiger partial charge in [0, 0.05) is 22.9 Å². The molecular weight excluding hydrogens is 236 g/mol. The van der Waals surface area contributed by atoms with Gasteiger partial charge in [0.1, 0.15) is 6.04 Å². The van der Waals surface area contributed by atoms with Gasteiger partial charge in [-0.25, -0.2) is 0 Å². The lowest BCUT2D eigenvalue weighted by atomic mass is 10.3. The van der Waals surface area contributed by atoms with Gasteiger partial charge in [-0.05, 0) is 11.8 Å². The second-order valence-corrected chi connectivity index (χ2v) is 2.81. The highest BCUT2D eigenvalue weighted by Crippen LogP contribution is 1.81. The van der Waals surface area contributed by atoms with Crippen LogP contribution in [0, 0.1) is 10.8 Å². The zero-order valence-electron chi connectivity index (χ0n) is 7.48. The summed E-state index contributed by atoms with van der Waals surface area (Å²) >= 11 is 2.89. The molecule has 0 aliphatic heterocycles. The summed E-state index contributed by atoms with van der Waals surface area (Å²) in [6.45, 7) is 3.24. The van der Waals surface area contributed by atoms with Crippen molar-refractivity contribution in [2.24, 2.45) is 0 Å². The lowest BCUT2D eigenvalue weighted by molar-refractivity contribution is -0.127. The van der Waals surface area contributed by atoms with Crippen LogP contribution in [0.5, 0.6) is 0 Å². The number of halogens is 1. The van der Waals surface area contributed by atoms with Gasteiger partial charge in [0.25, 0.3) is 0 Å². The first-order valence-electron chi connectivity index (χ1n) is 3.71. The average molecular weight is 247 g/mol. The maximum atomic E-state index is 11.1. The first kappa shape index (κ1) is 12.0. The van der Waals surface area contributed by atoms with Crippen LogP contribution in [0.2, 0.25) is 0 Å². The molecule has 0 radical (unpaired) electrons. The van der Waals surface area contributed by atoms with Crippen molar-refractivity contribution in [1.29, 1.82) is 0 Å². The van der Waals surface area contributed by atoms with E-state index in [1.165, 1.54) is 6.92 Å². The molecule has 2 N–H and O–H groups in total. The van der Waals surface area contributed by atoms with Gasteiger partial charge < -0.3 is 10.6 Å². The Morgan fingerprint density at radius 1 is 1.54 bits per heavy atom. The number of carbonyl (C=O) groups excluding carboxylic acids is 2. The summed E-state index contributed by atoms with van der Waals surface area (Å²) in [6, 6.07) is -0.519. The van der Waals surface area contributed by atoms with Gasteiger partial charge in [0.2, 0.25) is 11.8 Å². The van der Waals surface area contributed by atoms with Crippen molar-refractivity contribution in [1.82, 2.24) is 10.6 Å². The fourth-order valence-electron chi connectivity index (χ4n) is 0.688. The molecule has 0 spiro atoms. The van der Waals surface area contributed by atoms with Crippen LogP contribution in [-0.4, -0.2) is 24.4 Å². The summed E-state index contributed by atoms with van der Waals surface area (Å²) in [5.41, 5.74) is 0. The minimum absolute atomic E-state index is 0.228. The maximum Gasteiger partial charge on any atom is 0.243 e. The van der Waals surface area contributed by atoms with E-state index in [0.717, 1.165) is 0 Å². The van der Waals surface area contributed by atoms with Crippen LogP contribution < -0.4 is 10.6 Å². The van der Waals surface area contributed by atoms with E-state index in [1.54, 1.807) is 6.92 Å². The van der Waals surface area contributed by atoms with Gasteiger partial charge in [0.05, 0.1) is 6.54 Å². The van der Waals surface area contributed by atoms with Crippen LogP contribution >= 0.6 is 15.9 Å². The third-order valence-corrected chi connectivity index (χ3v) is 1.51. The molecule has 0 heterocycles. The van der Waals surface area contributed by atoms with Crippen LogP contribution in [-0.2, 0) is 9.59 Å². The third-order valence-electron chi connectivity index (χ3n) is 1.23. The highest BCUT2D eigenvalue weighted by atomic mass is 79.9. The molecule has 0 aliphatic carbocycles. The molecule has 0 unspecified atom stereocenters. The molecule has 72 valence electrons. The van der Waals surface area contributed by atoms with E-state index in [9.17, 15) is 9.59 Å². The van der Waals surface area contributed by atoms with Crippen LogP contribution in [0.3, 0.4) is 0 Å². The summed E-state index contributed by atoms with van der Waals surface area (Å²) in [7, 11) is 0. The van der Waals surface area contributed by atoms with E-state index in [4.69, 9.17) is 0 Å². The Kier molecular flexibility index (Phi) is 5.98. The number of hydrogen-bond acceptors (Lipinski definition) is 2. The second kappa shape index (κ2) is 6.49. The van der Waals surface area contributed by atoms with Gasteiger partial charge in [-0.1, -0.05) is 5.92 Å². The summed E-state index contributed by atoms with van der Waals surface area (Å²) in [5.74, 6) is 2.14. The van der Waals surface area contributed by atoms with E-state index < -0.39 is 6.04 Å². The normalized spacial score (nSPS) is 10.7. The quantitative estimate of drug-likeness (QED) is 0.689. The van der Waals surface area contributed by atoms with Crippen LogP contribution in [0.1, 0.15) is 13.8 Å². The molecule has 0 fully saturated rings. The molecule has 0 rings (SSSR count). The van der Waals surface area contributed by atoms with Crippen molar-refractivity contribution < 1.29 is 9.59 Å². The topological polar surface area (TPSA) is 58.2 Å². The van der Waals surface area contributed by atoms with Gasteiger partial charge in [-0.2, -0.15) is 0 Å². The van der Waals surface area contributed by atoms with Gasteiger partial charge >= 0.3 is 0 Å². The van der Waals surface area contributed by atoms with Crippen molar-refractivity contribution in [3.05, 3.63) is 0 Å². The Bertz CT molecular complexity index is 255. The molecule has 13 heavy (non-hydrogen) atoms. The molecule has 0 aromatic heterocycles. The Morgan fingerprint density at radius 2 is 2.15 bits per heavy atom. The fourth-order valence-corrected chi connectivity index (χ4v) is 0.828. The zero-order valence-corrected chi connectivity index (χ0v) is 9.06. The molecule has 0 saturated heterocycles. The lowest BCUT2D eigenvalue weighted by Crippen LogP contribution is -2.44. The Labute approximate surface area is 85.6 Å². The number of carbonyl (C=O) groups is 2. The van der Waals surface area contributed by atoms with Gasteiger partial charge in [-0.15, -0.1) is 0 Å². The molecule has 5 heteroatoms. The van der Waals surface area contributed by atoms with Crippen molar-refractivity contribution in [2.75, 3.05) is 6.54 Å². The Balaban J connectivity index is 3.80. The Morgan fingerprint density at radius 3 is 2.62 bits per heavy atom. The predicted molar refractivity (Wildman–Crippen MR) is 53.0 cm³/mol. The van der Waals surface area contributed by atoms with E-state index in [-0.39, 0.29) is 18.4 Å². The minimum atomic E-state index is -0.519. The summed E-state index contributed by atoms with van der Waals surface area (Å²) in [4.78, 5) is 24.2. The second-order valence-electron chi connectivity index (χ2n) is 2.41. The summed E-state index contributed by atoms with van der Waals surface area (Å²) < 4.78 is 0. The monoisotopic (exact) mass is 246 g/mol. The standard InChI is InChI=1S/C8H11BrN2O2/c1-6(11-7(2)12)8(13)10-5-3-4-9/h6H,5H2,1-2H3,(H,10,13)(H,11,12)/t6-/m0/s1. The SMILES string of the molecule is CC(=O)N[C@@H](C)C(=O)NCC#CBr. The van der Waals surface area contributed by atoms with Crippen LogP contribution in [0.25, 0.3) is 0 Å². The van der Waals surface area contributed by atoms with Crippen molar-refractivity contribution >= 4 is 27.7 Å². The molecule has 0 aromatic rings. The van der Waals surface area contributed by atoms with Gasteiger partial charge in [0.15, 0.2) is 0 Å². The average Bonchev–Trinajstić information content (AvgIpc) is 2.03. The smallest absolute Gasteiger partial charge is 0.243 e. The number of nitrogens with one attached hydrogen (secondary N) is 2. The number of hydrogen-bond donors (Lipinski definition) is 2. The molecule has 0 bridgehead atoms. The van der Waals surface area contributed by atoms with E-state index in [1.807, 2.05) is 0 Å². The van der Waals surface area contributed by atoms with E-state index >= 15 is 0 Å². The molecule has 1 atom stereocenters. The molecule has 0 saturated carbocycles. The van der Waals surface area contributed by atoms with Crippen LogP contribution in [0.15, 0.2) is 0 Å². The maximum absolute atomic E-state index is 11.1. The third kappa shape index (κ3) is 6.17. The highest BCUT2D eigenvalue weighted by Gasteiger charge is 2.11. The first-order valence-corrected chi connectivity index (χ1v) is 4.50. The number of rotatable bonds is 3. The van der Waals surface area contributed by atoms with Crippen molar-refractivity contribution in [3.63, 3.8) is 0 Å². The summed E-state index contributed by atoms with van der Waals surface area (Å²) in [6.07, 6.45) is 0. The molecule has 4 nitrogen and oxygen atoms in total. The molecule has 2 amide bonds. The highest BCUT2D eigenvalue weighted by molar-refractivity contribution is 9.12. The molecular formula is C8H11BrN2O2.